The standard InChI is InChI=1S/C29H36Cl2FN5O3/c1-20(2)11-25-15-24(34-37(25)26-13-21(30)12-22(31)14-26)16-33-29(39)18-36-9-7-35(8-10-36)17-27(38)19-40-28-5-3-23(32)4-6-28/h3-6,12-15,20,27,38H,7-11,16-19H2,1-2H3,(H,33,39)/t27-/m1/s1. The Labute approximate surface area is 244 Å². The van der Waals surface area contributed by atoms with E-state index in [4.69, 9.17) is 33.0 Å². The molecule has 0 unspecified atom stereocenters. The summed E-state index contributed by atoms with van der Waals surface area (Å²) in [4.78, 5) is 16.9. The molecule has 2 N–H and O–H groups in total. The van der Waals surface area contributed by atoms with Crippen LogP contribution in [0.2, 0.25) is 10.0 Å². The van der Waals surface area contributed by atoms with Crippen molar-refractivity contribution in [1.82, 2.24) is 24.9 Å². The highest BCUT2D eigenvalue weighted by Gasteiger charge is 2.21. The number of carbonyl (C=O) groups is 1. The summed E-state index contributed by atoms with van der Waals surface area (Å²) in [6, 6.07) is 13.1. The molecule has 0 bridgehead atoms. The number of aromatic nitrogens is 2. The van der Waals surface area contributed by atoms with Gasteiger partial charge in [0.25, 0.3) is 0 Å². The van der Waals surface area contributed by atoms with E-state index >= 15 is 0 Å². The lowest BCUT2D eigenvalue weighted by Gasteiger charge is -2.35. The highest BCUT2D eigenvalue weighted by molar-refractivity contribution is 6.34. The average Bonchev–Trinajstić information content (AvgIpc) is 3.30. The minimum atomic E-state index is -0.664. The van der Waals surface area contributed by atoms with Crippen molar-refractivity contribution < 1.29 is 19.0 Å². The number of amides is 1. The van der Waals surface area contributed by atoms with Gasteiger partial charge in [-0.15, -0.1) is 0 Å². The van der Waals surface area contributed by atoms with Gasteiger partial charge in [-0.1, -0.05) is 37.0 Å². The largest absolute Gasteiger partial charge is 0.491 e. The van der Waals surface area contributed by atoms with E-state index in [0.29, 0.717) is 41.3 Å². The molecular formula is C29H36Cl2FN5O3. The molecular weight excluding hydrogens is 556 g/mol. The number of ether oxygens (including phenoxy) is 1. The number of halogens is 3. The maximum Gasteiger partial charge on any atom is 0.234 e. The average molecular weight is 593 g/mol. The Bertz CT molecular complexity index is 1240. The van der Waals surface area contributed by atoms with Gasteiger partial charge in [-0.3, -0.25) is 14.6 Å². The Morgan fingerprint density at radius 1 is 1.05 bits per heavy atom. The zero-order valence-electron chi connectivity index (χ0n) is 22.8. The number of aliphatic hydroxyl groups excluding tert-OH is 1. The lowest BCUT2D eigenvalue weighted by atomic mass is 10.1. The molecule has 2 aromatic carbocycles. The lowest BCUT2D eigenvalue weighted by Crippen LogP contribution is -2.51. The van der Waals surface area contributed by atoms with Gasteiger partial charge in [-0.2, -0.15) is 5.10 Å². The molecule has 1 aliphatic heterocycles. The fraction of sp³-hybridized carbons (Fsp3) is 0.448. The van der Waals surface area contributed by atoms with E-state index in [1.165, 1.54) is 24.3 Å². The molecule has 4 rings (SSSR count). The van der Waals surface area contributed by atoms with Crippen LogP contribution < -0.4 is 10.1 Å². The molecule has 1 fully saturated rings. The van der Waals surface area contributed by atoms with Crippen LogP contribution in [0.1, 0.15) is 25.2 Å². The van der Waals surface area contributed by atoms with Gasteiger partial charge in [-0.25, -0.2) is 9.07 Å². The minimum Gasteiger partial charge on any atom is -0.491 e. The molecule has 0 saturated carbocycles. The van der Waals surface area contributed by atoms with E-state index in [-0.39, 0.29) is 18.3 Å². The van der Waals surface area contributed by atoms with Crippen LogP contribution >= 0.6 is 23.2 Å². The fourth-order valence-electron chi connectivity index (χ4n) is 4.66. The molecule has 0 radical (unpaired) electrons. The summed E-state index contributed by atoms with van der Waals surface area (Å²) in [6.07, 6.45) is 0.158. The molecule has 1 amide bonds. The van der Waals surface area contributed by atoms with E-state index in [0.717, 1.165) is 49.7 Å². The Morgan fingerprint density at radius 2 is 1.70 bits per heavy atom. The molecule has 40 heavy (non-hydrogen) atoms. The summed E-state index contributed by atoms with van der Waals surface area (Å²) < 4.78 is 20.4. The number of piperazine rings is 1. The van der Waals surface area contributed by atoms with E-state index in [1.807, 2.05) is 22.9 Å². The summed E-state index contributed by atoms with van der Waals surface area (Å²) in [5, 5.41) is 19.1. The van der Waals surface area contributed by atoms with Crippen LogP contribution in [0.25, 0.3) is 5.69 Å². The number of nitrogens with one attached hydrogen (secondary N) is 1. The van der Waals surface area contributed by atoms with E-state index in [9.17, 15) is 14.3 Å². The molecule has 1 atom stereocenters. The van der Waals surface area contributed by atoms with Crippen molar-refractivity contribution in [2.45, 2.75) is 32.9 Å². The summed E-state index contributed by atoms with van der Waals surface area (Å²) in [5.74, 6) is 0.556. The van der Waals surface area contributed by atoms with Crippen LogP contribution in [0.3, 0.4) is 0 Å². The summed E-state index contributed by atoms with van der Waals surface area (Å²) in [7, 11) is 0. The van der Waals surface area contributed by atoms with Crippen LogP contribution in [0.4, 0.5) is 4.39 Å². The zero-order valence-corrected chi connectivity index (χ0v) is 24.3. The topological polar surface area (TPSA) is 82.9 Å². The number of aliphatic hydroxyl groups is 1. The predicted molar refractivity (Wildman–Crippen MR) is 155 cm³/mol. The molecule has 2 heterocycles. The molecule has 11 heteroatoms. The van der Waals surface area contributed by atoms with E-state index in [2.05, 4.69) is 29.0 Å². The minimum absolute atomic E-state index is 0.0630. The third kappa shape index (κ3) is 9.17. The van der Waals surface area contributed by atoms with Gasteiger partial charge in [0, 0.05) is 48.5 Å². The second-order valence-electron chi connectivity index (χ2n) is 10.5. The van der Waals surface area contributed by atoms with Crippen molar-refractivity contribution in [3.05, 3.63) is 75.8 Å². The number of hydrogen-bond acceptors (Lipinski definition) is 6. The second-order valence-corrected chi connectivity index (χ2v) is 11.4. The van der Waals surface area contributed by atoms with Gasteiger partial charge in [0.05, 0.1) is 24.5 Å². The third-order valence-corrected chi connectivity index (χ3v) is 7.00. The highest BCUT2D eigenvalue weighted by Crippen LogP contribution is 2.24. The van der Waals surface area contributed by atoms with Crippen molar-refractivity contribution >= 4 is 29.1 Å². The van der Waals surface area contributed by atoms with Crippen molar-refractivity contribution in [2.75, 3.05) is 45.9 Å². The smallest absolute Gasteiger partial charge is 0.234 e. The van der Waals surface area contributed by atoms with Gasteiger partial charge in [0.1, 0.15) is 24.3 Å². The van der Waals surface area contributed by atoms with Crippen LogP contribution in [0, 0.1) is 11.7 Å². The van der Waals surface area contributed by atoms with Gasteiger partial charge < -0.3 is 15.2 Å². The van der Waals surface area contributed by atoms with Crippen molar-refractivity contribution in [3.63, 3.8) is 0 Å². The zero-order chi connectivity index (χ0) is 28.6. The molecule has 8 nitrogen and oxygen atoms in total. The summed E-state index contributed by atoms with van der Waals surface area (Å²) in [5.41, 5.74) is 2.58. The first-order chi connectivity index (χ1) is 19.1. The fourth-order valence-corrected chi connectivity index (χ4v) is 5.18. The first-order valence-electron chi connectivity index (χ1n) is 13.5. The second kappa shape index (κ2) is 14.3. The monoisotopic (exact) mass is 591 g/mol. The van der Waals surface area contributed by atoms with Gasteiger partial charge in [0.15, 0.2) is 0 Å². The maximum absolute atomic E-state index is 13.0. The van der Waals surface area contributed by atoms with Gasteiger partial charge >= 0.3 is 0 Å². The number of rotatable bonds is 12. The highest BCUT2D eigenvalue weighted by atomic mass is 35.5. The number of β-amino-alcohol motifs (C(OH)–C–C–N with tert-alkyl or cyclic N) is 1. The van der Waals surface area contributed by atoms with E-state index in [1.54, 1.807) is 6.07 Å². The lowest BCUT2D eigenvalue weighted by molar-refractivity contribution is -0.122. The van der Waals surface area contributed by atoms with Crippen molar-refractivity contribution in [3.8, 4) is 11.4 Å². The van der Waals surface area contributed by atoms with E-state index < -0.39 is 6.10 Å². The van der Waals surface area contributed by atoms with Crippen LogP contribution in [0.15, 0.2) is 48.5 Å². The molecule has 3 aromatic rings. The number of benzene rings is 2. The number of carbonyl (C=O) groups excluding carboxylic acids is 1. The van der Waals surface area contributed by atoms with Gasteiger partial charge in [-0.05, 0) is 60.9 Å². The van der Waals surface area contributed by atoms with Crippen molar-refractivity contribution in [1.29, 1.82) is 0 Å². The quantitative estimate of drug-likeness (QED) is 0.329. The summed E-state index contributed by atoms with van der Waals surface area (Å²) in [6.45, 7) is 8.45. The molecule has 0 spiro atoms. The maximum atomic E-state index is 13.0. The van der Waals surface area contributed by atoms with Gasteiger partial charge in [0.2, 0.25) is 5.91 Å². The summed E-state index contributed by atoms with van der Waals surface area (Å²) >= 11 is 12.4. The molecule has 216 valence electrons. The Hall–Kier alpha value is -2.69. The first kappa shape index (κ1) is 30.3. The first-order valence-corrected chi connectivity index (χ1v) is 14.2. The SMILES string of the molecule is CC(C)Cc1cc(CNC(=O)CN2CCN(C[C@@H](O)COc3ccc(F)cc3)CC2)nn1-c1cc(Cl)cc(Cl)c1. The third-order valence-electron chi connectivity index (χ3n) is 6.57. The molecule has 1 aliphatic rings. The Balaban J connectivity index is 1.21. The Morgan fingerprint density at radius 3 is 2.35 bits per heavy atom. The molecule has 0 aliphatic carbocycles. The van der Waals surface area contributed by atoms with Crippen LogP contribution in [0.5, 0.6) is 5.75 Å². The van der Waals surface area contributed by atoms with Crippen LogP contribution in [-0.2, 0) is 17.8 Å². The predicted octanol–water partition coefficient (Wildman–Crippen LogP) is 4.19. The van der Waals surface area contributed by atoms with Crippen molar-refractivity contribution in [2.24, 2.45) is 5.92 Å². The number of nitrogens with zero attached hydrogens (tertiary/aromatic N) is 4. The Kier molecular flexibility index (Phi) is 10.8. The normalized spacial score (nSPS) is 15.4. The number of hydrogen-bond donors (Lipinski definition) is 2. The molecule has 1 saturated heterocycles. The van der Waals surface area contributed by atoms with Crippen LogP contribution in [-0.4, -0.2) is 82.6 Å². The molecule has 1 aromatic heterocycles.